The molecule has 0 aliphatic carbocycles. The first-order valence-corrected chi connectivity index (χ1v) is 8.53. The van der Waals surface area contributed by atoms with E-state index in [9.17, 15) is 4.79 Å². The van der Waals surface area contributed by atoms with Gasteiger partial charge >= 0.3 is 0 Å². The smallest absolute Gasteiger partial charge is 0.238 e. The van der Waals surface area contributed by atoms with E-state index < -0.39 is 0 Å². The number of carbonyl (C=O) groups excluding carboxylic acids is 1. The van der Waals surface area contributed by atoms with Crippen LogP contribution in [-0.4, -0.2) is 21.0 Å². The number of fused-ring (bicyclic) bond motifs is 1. The minimum absolute atomic E-state index is 0.144. The zero-order valence-corrected chi connectivity index (χ0v) is 14.2. The van der Waals surface area contributed by atoms with Crippen molar-refractivity contribution in [3.05, 3.63) is 48.0 Å². The van der Waals surface area contributed by atoms with Crippen molar-refractivity contribution in [2.45, 2.75) is 19.8 Å². The Morgan fingerprint density at radius 1 is 1.24 bits per heavy atom. The molecule has 0 aliphatic rings. The predicted octanol–water partition coefficient (Wildman–Crippen LogP) is 3.82. The van der Waals surface area contributed by atoms with E-state index in [2.05, 4.69) is 20.4 Å². The van der Waals surface area contributed by atoms with Gasteiger partial charge in [0.1, 0.15) is 0 Å². The van der Waals surface area contributed by atoms with Crippen LogP contribution in [0.25, 0.3) is 21.8 Å². The molecule has 0 atom stereocenters. The van der Waals surface area contributed by atoms with Crippen LogP contribution in [0.4, 0.5) is 5.13 Å². The van der Waals surface area contributed by atoms with Crippen LogP contribution < -0.4 is 5.32 Å². The number of hydrogen-bond donors (Lipinski definition) is 1. The first-order chi connectivity index (χ1) is 12.2. The Morgan fingerprint density at radius 3 is 2.96 bits per heavy atom. The number of aromatic nitrogens is 3. The van der Waals surface area contributed by atoms with E-state index in [0.717, 1.165) is 15.8 Å². The third-order valence-corrected chi connectivity index (χ3v) is 4.58. The fourth-order valence-electron chi connectivity index (χ4n) is 2.40. The lowest BCUT2D eigenvalue weighted by Gasteiger charge is -1.98. The average Bonchev–Trinajstić information content (AvgIpc) is 3.33. The van der Waals surface area contributed by atoms with Gasteiger partial charge in [-0.3, -0.25) is 4.79 Å². The summed E-state index contributed by atoms with van der Waals surface area (Å²) in [5.74, 6) is 1.16. The van der Waals surface area contributed by atoms with Crippen molar-refractivity contribution in [1.82, 2.24) is 15.1 Å². The van der Waals surface area contributed by atoms with Gasteiger partial charge < -0.3 is 14.3 Å². The number of carbonyl (C=O) groups is 1. The zero-order chi connectivity index (χ0) is 17.2. The van der Waals surface area contributed by atoms with E-state index in [1.165, 1.54) is 11.3 Å². The number of thiazole rings is 1. The number of nitrogens with one attached hydrogen (secondary N) is 1. The molecular formula is C17H14N4O3S. The Hall–Kier alpha value is -3.00. The molecule has 126 valence electrons. The molecule has 1 amide bonds. The Balaban J connectivity index is 1.38. The van der Waals surface area contributed by atoms with Crippen molar-refractivity contribution in [3.8, 4) is 11.6 Å². The summed E-state index contributed by atoms with van der Waals surface area (Å²) >= 11 is 1.46. The maximum atomic E-state index is 12.1. The number of anilines is 1. The first-order valence-electron chi connectivity index (χ1n) is 7.71. The van der Waals surface area contributed by atoms with Gasteiger partial charge in [-0.15, -0.1) is 0 Å². The largest absolute Gasteiger partial charge is 0.461 e. The standard InChI is InChI=1S/C17H14N4O3S/c1-10-4-2-6-12-15(10)20-17(25-12)18-13(22)7-8-14-19-16(21-24-14)11-5-3-9-23-11/h2-6,9H,7-8H2,1H3,(H,18,20,22). The van der Waals surface area contributed by atoms with Crippen LogP contribution in [0.2, 0.25) is 0 Å². The average molecular weight is 354 g/mol. The van der Waals surface area contributed by atoms with Crippen LogP contribution in [0.1, 0.15) is 17.9 Å². The summed E-state index contributed by atoms with van der Waals surface area (Å²) in [5.41, 5.74) is 2.01. The van der Waals surface area contributed by atoms with Gasteiger partial charge in [-0.05, 0) is 30.7 Å². The number of furan rings is 1. The Bertz CT molecular complexity index is 1020. The molecule has 0 radical (unpaired) electrons. The van der Waals surface area contributed by atoms with Gasteiger partial charge in [-0.1, -0.05) is 28.6 Å². The molecule has 0 saturated carbocycles. The monoisotopic (exact) mass is 354 g/mol. The lowest BCUT2D eigenvalue weighted by atomic mass is 10.2. The second-order valence-corrected chi connectivity index (χ2v) is 6.51. The van der Waals surface area contributed by atoms with Gasteiger partial charge in [0, 0.05) is 12.8 Å². The number of benzene rings is 1. The first kappa shape index (κ1) is 15.5. The molecule has 0 fully saturated rings. The van der Waals surface area contributed by atoms with Crippen molar-refractivity contribution >= 4 is 32.6 Å². The number of hydrogen-bond acceptors (Lipinski definition) is 7. The summed E-state index contributed by atoms with van der Waals surface area (Å²) in [5, 5.41) is 7.25. The molecule has 0 saturated heterocycles. The van der Waals surface area contributed by atoms with Gasteiger partial charge in [0.2, 0.25) is 17.6 Å². The molecule has 0 bridgehead atoms. The van der Waals surface area contributed by atoms with E-state index in [1.54, 1.807) is 18.4 Å². The molecule has 8 heteroatoms. The molecule has 3 heterocycles. The summed E-state index contributed by atoms with van der Waals surface area (Å²) in [4.78, 5) is 20.8. The van der Waals surface area contributed by atoms with Crippen LogP contribution >= 0.6 is 11.3 Å². The zero-order valence-electron chi connectivity index (χ0n) is 13.4. The van der Waals surface area contributed by atoms with Crippen LogP contribution in [-0.2, 0) is 11.2 Å². The maximum Gasteiger partial charge on any atom is 0.238 e. The lowest BCUT2D eigenvalue weighted by molar-refractivity contribution is -0.116. The van der Waals surface area contributed by atoms with Crippen LogP contribution in [0, 0.1) is 6.92 Å². The lowest BCUT2D eigenvalue weighted by Crippen LogP contribution is -2.12. The third kappa shape index (κ3) is 3.29. The van der Waals surface area contributed by atoms with E-state index >= 15 is 0 Å². The van der Waals surface area contributed by atoms with Crippen molar-refractivity contribution < 1.29 is 13.7 Å². The highest BCUT2D eigenvalue weighted by atomic mass is 32.1. The van der Waals surface area contributed by atoms with Crippen molar-refractivity contribution in [2.75, 3.05) is 5.32 Å². The quantitative estimate of drug-likeness (QED) is 0.585. The summed E-state index contributed by atoms with van der Waals surface area (Å²) in [6.07, 6.45) is 2.12. The molecule has 7 nitrogen and oxygen atoms in total. The predicted molar refractivity (Wildman–Crippen MR) is 93.3 cm³/mol. The maximum absolute atomic E-state index is 12.1. The van der Waals surface area contributed by atoms with E-state index in [4.69, 9.17) is 8.94 Å². The molecule has 1 aromatic carbocycles. The molecule has 25 heavy (non-hydrogen) atoms. The second kappa shape index (κ2) is 6.48. The van der Waals surface area contributed by atoms with E-state index in [1.807, 2.05) is 25.1 Å². The van der Waals surface area contributed by atoms with E-state index in [0.29, 0.717) is 29.0 Å². The SMILES string of the molecule is Cc1cccc2sc(NC(=O)CCc3nc(-c4ccco4)no3)nc12. The summed E-state index contributed by atoms with van der Waals surface area (Å²) in [7, 11) is 0. The fraction of sp³-hybridized carbons (Fsp3) is 0.176. The van der Waals surface area contributed by atoms with E-state index in [-0.39, 0.29) is 12.3 Å². The molecule has 3 aromatic heterocycles. The third-order valence-electron chi connectivity index (χ3n) is 3.64. The highest BCUT2D eigenvalue weighted by Crippen LogP contribution is 2.28. The van der Waals surface area contributed by atoms with Crippen molar-refractivity contribution in [2.24, 2.45) is 0 Å². The van der Waals surface area contributed by atoms with Crippen LogP contribution in [0.15, 0.2) is 45.5 Å². The summed E-state index contributed by atoms with van der Waals surface area (Å²) < 4.78 is 11.4. The van der Waals surface area contributed by atoms with Gasteiger partial charge in [-0.2, -0.15) is 4.98 Å². The number of para-hydroxylation sites is 1. The van der Waals surface area contributed by atoms with Crippen molar-refractivity contribution in [1.29, 1.82) is 0 Å². The van der Waals surface area contributed by atoms with Crippen LogP contribution in [0.5, 0.6) is 0 Å². The molecular weight excluding hydrogens is 340 g/mol. The number of amides is 1. The topological polar surface area (TPSA) is 94.1 Å². The van der Waals surface area contributed by atoms with Crippen molar-refractivity contribution in [3.63, 3.8) is 0 Å². The fourth-order valence-corrected chi connectivity index (χ4v) is 3.36. The minimum atomic E-state index is -0.144. The second-order valence-electron chi connectivity index (χ2n) is 5.48. The highest BCUT2D eigenvalue weighted by molar-refractivity contribution is 7.22. The molecule has 1 N–H and O–H groups in total. The Kier molecular flexibility index (Phi) is 4.02. The molecule has 0 spiro atoms. The molecule has 0 aliphatic heterocycles. The van der Waals surface area contributed by atoms with Gasteiger partial charge in [-0.25, -0.2) is 4.98 Å². The van der Waals surface area contributed by atoms with Gasteiger partial charge in [0.15, 0.2) is 10.9 Å². The highest BCUT2D eigenvalue weighted by Gasteiger charge is 2.13. The normalized spacial score (nSPS) is 11.1. The Labute approximate surface area is 146 Å². The molecule has 4 aromatic rings. The summed E-state index contributed by atoms with van der Waals surface area (Å²) in [6.45, 7) is 2.00. The Morgan fingerprint density at radius 2 is 2.16 bits per heavy atom. The van der Waals surface area contributed by atoms with Gasteiger partial charge in [0.25, 0.3) is 0 Å². The minimum Gasteiger partial charge on any atom is -0.461 e. The van der Waals surface area contributed by atoms with Gasteiger partial charge in [0.05, 0.1) is 16.5 Å². The molecule has 4 rings (SSSR count). The summed E-state index contributed by atoms with van der Waals surface area (Å²) in [6, 6.07) is 9.46. The number of aryl methyl sites for hydroxylation is 2. The number of nitrogens with zero attached hydrogens (tertiary/aromatic N) is 3. The molecule has 0 unspecified atom stereocenters. The van der Waals surface area contributed by atoms with Crippen LogP contribution in [0.3, 0.4) is 0 Å². The number of rotatable bonds is 5.